The molecule has 4 aromatic heterocycles. The molecule has 250 valence electrons. The van der Waals surface area contributed by atoms with E-state index in [1.54, 1.807) is 36.6 Å². The number of imidazole rings is 2. The van der Waals surface area contributed by atoms with E-state index in [2.05, 4.69) is 9.97 Å². The highest BCUT2D eigenvalue weighted by molar-refractivity contribution is 5.89. The summed E-state index contributed by atoms with van der Waals surface area (Å²) in [5.41, 5.74) is 7.45. The molecule has 0 radical (unpaired) electrons. The van der Waals surface area contributed by atoms with Crippen LogP contribution in [0.25, 0.3) is 46.0 Å². The van der Waals surface area contributed by atoms with Crippen molar-refractivity contribution in [2.24, 2.45) is 0 Å². The van der Waals surface area contributed by atoms with Gasteiger partial charge in [0.2, 0.25) is 0 Å². The monoisotopic (exact) mass is 658 g/mol. The van der Waals surface area contributed by atoms with Gasteiger partial charge >= 0.3 is 11.9 Å². The minimum absolute atomic E-state index is 0. The van der Waals surface area contributed by atoms with Gasteiger partial charge in [0.1, 0.15) is 22.7 Å². The Kier molecular flexibility index (Phi) is 12.5. The van der Waals surface area contributed by atoms with E-state index in [9.17, 15) is 19.5 Å². The van der Waals surface area contributed by atoms with Gasteiger partial charge in [-0.1, -0.05) is 68.1 Å². The number of rotatable bonds is 10. The molecule has 0 amide bonds. The molecule has 0 aliphatic carbocycles. The lowest BCUT2D eigenvalue weighted by Gasteiger charge is -2.02. The largest absolute Gasteiger partial charge is 0.463 e. The number of esters is 2. The number of pyridine rings is 2. The van der Waals surface area contributed by atoms with Crippen molar-refractivity contribution in [1.29, 1.82) is 0 Å². The standard InChI is InChI=1S/C19H18N2O3.C19H16N2O3.CH4/c2*1-2-24-18(23)9-8-14-10-11-21-16(13-22)19(20-17(21)12-14)15-6-4-3-5-7-15;/h3-12,22H,2,13H2,1H3;3-13H,2H2,1H3;1H4/b2*9-8+;. The number of aldehydes is 1. The highest BCUT2D eigenvalue weighted by atomic mass is 16.5. The van der Waals surface area contributed by atoms with Crippen molar-refractivity contribution in [3.63, 3.8) is 0 Å². The zero-order valence-corrected chi connectivity index (χ0v) is 26.5. The molecule has 0 bridgehead atoms. The van der Waals surface area contributed by atoms with E-state index in [1.165, 1.54) is 12.2 Å². The lowest BCUT2D eigenvalue weighted by molar-refractivity contribution is -0.138. The average molecular weight is 659 g/mol. The lowest BCUT2D eigenvalue weighted by atomic mass is 10.1. The van der Waals surface area contributed by atoms with Gasteiger partial charge in [0.25, 0.3) is 0 Å². The van der Waals surface area contributed by atoms with E-state index in [0.717, 1.165) is 39.9 Å². The van der Waals surface area contributed by atoms with Gasteiger partial charge in [-0.15, -0.1) is 0 Å². The number of aromatic nitrogens is 4. The summed E-state index contributed by atoms with van der Waals surface area (Å²) in [5.74, 6) is -0.763. The molecule has 0 saturated heterocycles. The maximum atomic E-state index is 11.5. The molecule has 10 heteroatoms. The zero-order valence-electron chi connectivity index (χ0n) is 26.5. The summed E-state index contributed by atoms with van der Waals surface area (Å²) in [7, 11) is 0. The molecule has 6 aromatic rings. The summed E-state index contributed by atoms with van der Waals surface area (Å²) >= 11 is 0. The smallest absolute Gasteiger partial charge is 0.330 e. The van der Waals surface area contributed by atoms with E-state index >= 15 is 0 Å². The van der Waals surface area contributed by atoms with Gasteiger partial charge in [-0.05, 0) is 61.4 Å². The van der Waals surface area contributed by atoms with E-state index in [0.29, 0.717) is 35.9 Å². The average Bonchev–Trinajstić information content (AvgIpc) is 3.68. The summed E-state index contributed by atoms with van der Waals surface area (Å²) in [5, 5.41) is 9.74. The molecule has 0 atom stereocenters. The molecule has 10 nitrogen and oxygen atoms in total. The number of hydrogen-bond donors (Lipinski definition) is 1. The third kappa shape index (κ3) is 8.62. The van der Waals surface area contributed by atoms with Crippen LogP contribution in [0, 0.1) is 0 Å². The quantitative estimate of drug-likeness (QED) is 0.0940. The molecule has 0 saturated carbocycles. The second-order valence-corrected chi connectivity index (χ2v) is 10.3. The van der Waals surface area contributed by atoms with Crippen molar-refractivity contribution in [1.82, 2.24) is 18.8 Å². The van der Waals surface area contributed by atoms with Crippen LogP contribution in [0.4, 0.5) is 0 Å². The van der Waals surface area contributed by atoms with Gasteiger partial charge in [0, 0.05) is 35.7 Å². The van der Waals surface area contributed by atoms with Crippen LogP contribution in [0.2, 0.25) is 0 Å². The fourth-order valence-electron chi connectivity index (χ4n) is 5.01. The zero-order chi connectivity index (χ0) is 33.9. The first-order valence-electron chi connectivity index (χ1n) is 15.3. The Morgan fingerprint density at radius 3 is 1.67 bits per heavy atom. The fraction of sp³-hybridized carbons (Fsp3) is 0.154. The van der Waals surface area contributed by atoms with E-state index in [-0.39, 0.29) is 26.0 Å². The minimum atomic E-state index is -0.390. The number of nitrogens with zero attached hydrogens (tertiary/aromatic N) is 4. The molecule has 0 aliphatic rings. The molecule has 2 aromatic carbocycles. The maximum absolute atomic E-state index is 11.5. The molecule has 6 rings (SSSR count). The number of aliphatic hydroxyl groups excluding tert-OH is 1. The number of ether oxygens (including phenoxy) is 2. The Bertz CT molecular complexity index is 2100. The van der Waals surface area contributed by atoms with Gasteiger partial charge in [-0.25, -0.2) is 19.6 Å². The topological polar surface area (TPSA) is 124 Å². The maximum Gasteiger partial charge on any atom is 0.330 e. The van der Waals surface area contributed by atoms with Crippen molar-refractivity contribution in [3.05, 3.63) is 132 Å². The summed E-state index contributed by atoms with van der Waals surface area (Å²) < 4.78 is 13.3. The van der Waals surface area contributed by atoms with Crippen molar-refractivity contribution < 1.29 is 29.0 Å². The SMILES string of the molecule is C.CCOC(=O)/C=C/c1ccn2c(C=O)c(-c3ccccc3)nc2c1.CCOC(=O)/C=C/c1ccn2c(CO)c(-c3ccccc3)nc2c1. The van der Waals surface area contributed by atoms with Gasteiger partial charge in [0.05, 0.1) is 31.2 Å². The van der Waals surface area contributed by atoms with E-state index in [1.807, 2.05) is 95.5 Å². The van der Waals surface area contributed by atoms with Crippen molar-refractivity contribution in [2.75, 3.05) is 13.2 Å². The number of fused-ring (bicyclic) bond motifs is 2. The van der Waals surface area contributed by atoms with Gasteiger partial charge < -0.3 is 19.0 Å². The normalized spacial score (nSPS) is 10.9. The Morgan fingerprint density at radius 2 is 1.18 bits per heavy atom. The fourth-order valence-corrected chi connectivity index (χ4v) is 5.01. The molecule has 0 fully saturated rings. The van der Waals surface area contributed by atoms with E-state index < -0.39 is 0 Å². The predicted octanol–water partition coefficient (Wildman–Crippen LogP) is 7.10. The lowest BCUT2D eigenvalue weighted by Crippen LogP contribution is -1.98. The molecule has 0 spiro atoms. The molecule has 49 heavy (non-hydrogen) atoms. The number of carbonyl (C=O) groups is 3. The number of aliphatic hydroxyl groups is 1. The Balaban J connectivity index is 0.000000216. The van der Waals surface area contributed by atoms with Crippen molar-refractivity contribution >= 4 is 41.7 Å². The molecule has 0 aliphatic heterocycles. The summed E-state index contributed by atoms with van der Waals surface area (Å²) in [6.07, 6.45) is 10.5. The summed E-state index contributed by atoms with van der Waals surface area (Å²) in [4.78, 5) is 43.5. The third-order valence-electron chi connectivity index (χ3n) is 7.19. The van der Waals surface area contributed by atoms with Crippen molar-refractivity contribution in [3.8, 4) is 22.5 Å². The van der Waals surface area contributed by atoms with Gasteiger partial charge in [-0.2, -0.15) is 0 Å². The molecular weight excluding hydrogens is 620 g/mol. The van der Waals surface area contributed by atoms with Gasteiger partial charge in [0.15, 0.2) is 6.29 Å². The summed E-state index contributed by atoms with van der Waals surface area (Å²) in [6.45, 7) is 4.11. The van der Waals surface area contributed by atoms with Crippen LogP contribution < -0.4 is 0 Å². The first-order chi connectivity index (χ1) is 23.4. The molecule has 1 N–H and O–H groups in total. The van der Waals surface area contributed by atoms with E-state index in [4.69, 9.17) is 9.47 Å². The number of hydrogen-bond acceptors (Lipinski definition) is 8. The minimum Gasteiger partial charge on any atom is -0.463 e. The summed E-state index contributed by atoms with van der Waals surface area (Å²) in [6, 6.07) is 26.6. The highest BCUT2D eigenvalue weighted by Gasteiger charge is 2.14. The second-order valence-electron chi connectivity index (χ2n) is 10.3. The predicted molar refractivity (Wildman–Crippen MR) is 191 cm³/mol. The number of benzene rings is 2. The van der Waals surface area contributed by atoms with Crippen LogP contribution in [0.15, 0.2) is 109 Å². The van der Waals surface area contributed by atoms with Crippen LogP contribution in [-0.2, 0) is 25.7 Å². The van der Waals surface area contributed by atoms with Crippen molar-refractivity contribution in [2.45, 2.75) is 27.9 Å². The first kappa shape index (κ1) is 35.7. The van der Waals surface area contributed by atoms with Crippen LogP contribution in [0.3, 0.4) is 0 Å². The molecule has 4 heterocycles. The first-order valence-corrected chi connectivity index (χ1v) is 15.3. The molecular formula is C39H38N4O6. The second kappa shape index (κ2) is 17.1. The number of carbonyl (C=O) groups excluding carboxylic acids is 3. The van der Waals surface area contributed by atoms with Crippen LogP contribution in [0.5, 0.6) is 0 Å². The Hall–Kier alpha value is -6.13. The van der Waals surface area contributed by atoms with Gasteiger partial charge in [-0.3, -0.25) is 9.20 Å². The van der Waals surface area contributed by atoms with Crippen LogP contribution in [-0.4, -0.2) is 55.3 Å². The van der Waals surface area contributed by atoms with Crippen LogP contribution >= 0.6 is 0 Å². The third-order valence-corrected chi connectivity index (χ3v) is 7.19. The highest BCUT2D eigenvalue weighted by Crippen LogP contribution is 2.26. The molecule has 0 unspecified atom stereocenters. The van der Waals surface area contributed by atoms with Crippen LogP contribution in [0.1, 0.15) is 48.6 Å². The Labute approximate surface area is 284 Å². The Morgan fingerprint density at radius 1 is 0.714 bits per heavy atom.